The quantitative estimate of drug-likeness (QED) is 0.728. The van der Waals surface area contributed by atoms with Crippen molar-refractivity contribution in [1.82, 2.24) is 9.03 Å². The van der Waals surface area contributed by atoms with Crippen molar-refractivity contribution in [3.63, 3.8) is 0 Å². The highest BCUT2D eigenvalue weighted by Crippen LogP contribution is 2.00. The van der Waals surface area contributed by atoms with Crippen LogP contribution in [0.3, 0.4) is 0 Å². The summed E-state index contributed by atoms with van der Waals surface area (Å²) in [4.78, 5) is 10.9. The fraction of sp³-hybridized carbons (Fsp3) is 0.714. The third kappa shape index (κ3) is 4.14. The maximum absolute atomic E-state index is 11.4. The Labute approximate surface area is 88.8 Å². The molecule has 8 heteroatoms. The van der Waals surface area contributed by atoms with Gasteiger partial charge in [0, 0.05) is 7.05 Å². The maximum Gasteiger partial charge on any atom is 0.421 e. The normalized spacial score (nSPS) is 13.0. The van der Waals surface area contributed by atoms with Crippen LogP contribution in [0.15, 0.2) is 0 Å². The number of hydrogen-bond acceptors (Lipinski definition) is 5. The van der Waals surface area contributed by atoms with Gasteiger partial charge in [-0.05, 0) is 13.8 Å². The molecule has 0 aliphatic rings. The fourth-order valence-electron chi connectivity index (χ4n) is 0.627. The van der Waals surface area contributed by atoms with E-state index in [0.29, 0.717) is 0 Å². The molecule has 1 N–H and O–H groups in total. The van der Waals surface area contributed by atoms with Crippen LogP contribution in [-0.2, 0) is 14.9 Å². The second kappa shape index (κ2) is 5.53. The molecule has 0 aromatic heterocycles. The zero-order valence-electron chi connectivity index (χ0n) is 8.72. The number of nitriles is 1. The zero-order chi connectivity index (χ0) is 12.1. The van der Waals surface area contributed by atoms with Gasteiger partial charge in [0.25, 0.3) is 0 Å². The average Bonchev–Trinajstić information content (AvgIpc) is 2.15. The number of nitrogens with one attached hydrogen (secondary N) is 1. The lowest BCUT2D eigenvalue weighted by Crippen LogP contribution is -2.45. The number of nitrogens with zero attached hydrogens (tertiary/aromatic N) is 2. The van der Waals surface area contributed by atoms with Gasteiger partial charge < -0.3 is 4.74 Å². The number of carbonyl (C=O) groups excluding carboxylic acids is 1. The van der Waals surface area contributed by atoms with E-state index in [2.05, 4.69) is 4.74 Å². The molecule has 0 radical (unpaired) electrons. The van der Waals surface area contributed by atoms with Gasteiger partial charge in [-0.25, -0.2) is 9.52 Å². The summed E-state index contributed by atoms with van der Waals surface area (Å²) in [6.45, 7) is 3.01. The van der Waals surface area contributed by atoms with Crippen molar-refractivity contribution < 1.29 is 17.9 Å². The van der Waals surface area contributed by atoms with Crippen LogP contribution in [0, 0.1) is 11.3 Å². The van der Waals surface area contributed by atoms with Gasteiger partial charge in [0.1, 0.15) is 6.04 Å². The van der Waals surface area contributed by atoms with E-state index in [9.17, 15) is 13.2 Å². The molecule has 1 atom stereocenters. The van der Waals surface area contributed by atoms with Crippen LogP contribution in [0.25, 0.3) is 0 Å². The minimum absolute atomic E-state index is 0.0683. The third-order valence-corrected chi connectivity index (χ3v) is 3.10. The van der Waals surface area contributed by atoms with E-state index in [1.165, 1.54) is 14.0 Å². The summed E-state index contributed by atoms with van der Waals surface area (Å²) in [5, 5.41) is 8.51. The summed E-state index contributed by atoms with van der Waals surface area (Å²) in [6, 6.07) is 0.867. The van der Waals surface area contributed by atoms with Gasteiger partial charge in [-0.1, -0.05) is 0 Å². The van der Waals surface area contributed by atoms with Crippen LogP contribution < -0.4 is 4.72 Å². The molecule has 0 saturated heterocycles. The summed E-state index contributed by atoms with van der Waals surface area (Å²) in [5.74, 6) is 0. The lowest BCUT2D eigenvalue weighted by Gasteiger charge is -2.18. The number of carbonyl (C=O) groups is 1. The van der Waals surface area contributed by atoms with Crippen LogP contribution in [0.4, 0.5) is 4.79 Å². The minimum Gasteiger partial charge on any atom is -0.449 e. The number of rotatable bonds is 4. The van der Waals surface area contributed by atoms with E-state index < -0.39 is 22.3 Å². The Kier molecular flexibility index (Phi) is 5.04. The predicted molar refractivity (Wildman–Crippen MR) is 51.9 cm³/mol. The first-order valence-electron chi connectivity index (χ1n) is 4.17. The van der Waals surface area contributed by atoms with Gasteiger partial charge in [-0.3, -0.25) is 0 Å². The molecular weight excluding hydrogens is 222 g/mol. The lowest BCUT2D eigenvalue weighted by atomic mass is 10.4. The van der Waals surface area contributed by atoms with Crippen LogP contribution in [0.2, 0.25) is 0 Å². The van der Waals surface area contributed by atoms with Crippen molar-refractivity contribution in [2.24, 2.45) is 0 Å². The van der Waals surface area contributed by atoms with E-state index in [-0.39, 0.29) is 6.61 Å². The predicted octanol–water partition coefficient (Wildman–Crippen LogP) is -0.179. The summed E-state index contributed by atoms with van der Waals surface area (Å²) in [5.41, 5.74) is 0. The smallest absolute Gasteiger partial charge is 0.421 e. The Bertz CT molecular complexity index is 359. The molecule has 0 aliphatic heterocycles. The van der Waals surface area contributed by atoms with Gasteiger partial charge in [-0.15, -0.1) is 0 Å². The van der Waals surface area contributed by atoms with E-state index in [0.717, 1.165) is 4.31 Å². The fourth-order valence-corrected chi connectivity index (χ4v) is 1.50. The van der Waals surface area contributed by atoms with Crippen molar-refractivity contribution in [1.29, 1.82) is 5.26 Å². The Morgan fingerprint density at radius 1 is 1.67 bits per heavy atom. The van der Waals surface area contributed by atoms with Crippen molar-refractivity contribution in [3.8, 4) is 6.07 Å². The highest BCUT2D eigenvalue weighted by atomic mass is 32.2. The van der Waals surface area contributed by atoms with Crippen molar-refractivity contribution in [2.45, 2.75) is 19.9 Å². The monoisotopic (exact) mass is 235 g/mol. The summed E-state index contributed by atoms with van der Waals surface area (Å²) in [7, 11) is -2.82. The lowest BCUT2D eigenvalue weighted by molar-refractivity contribution is 0.158. The van der Waals surface area contributed by atoms with Crippen LogP contribution in [-0.4, -0.2) is 38.5 Å². The van der Waals surface area contributed by atoms with Gasteiger partial charge >= 0.3 is 16.3 Å². The topological polar surface area (TPSA) is 99.5 Å². The van der Waals surface area contributed by atoms with Crippen LogP contribution in [0.1, 0.15) is 13.8 Å². The Hall–Kier alpha value is -1.33. The van der Waals surface area contributed by atoms with E-state index in [1.54, 1.807) is 17.7 Å². The van der Waals surface area contributed by atoms with Crippen molar-refractivity contribution in [3.05, 3.63) is 0 Å². The minimum atomic E-state index is -4.01. The molecule has 0 aliphatic carbocycles. The Morgan fingerprint density at radius 2 is 2.20 bits per heavy atom. The standard InChI is InChI=1S/C7H13N3O4S/c1-4-14-7(11)9-15(12,13)10(3)6(2)5-8/h6H,4H2,1-3H3,(H,9,11). The van der Waals surface area contributed by atoms with Gasteiger partial charge in [0.2, 0.25) is 0 Å². The number of hydrogen-bond donors (Lipinski definition) is 1. The first kappa shape index (κ1) is 13.7. The molecule has 0 rings (SSSR count). The molecule has 0 aromatic rings. The van der Waals surface area contributed by atoms with Crippen LogP contribution in [0.5, 0.6) is 0 Å². The molecule has 0 spiro atoms. The van der Waals surface area contributed by atoms with E-state index >= 15 is 0 Å². The molecule has 0 bridgehead atoms. The highest BCUT2D eigenvalue weighted by molar-refractivity contribution is 7.87. The summed E-state index contributed by atoms with van der Waals surface area (Å²) >= 11 is 0. The molecule has 7 nitrogen and oxygen atoms in total. The highest BCUT2D eigenvalue weighted by Gasteiger charge is 2.25. The third-order valence-electron chi connectivity index (χ3n) is 1.60. The Morgan fingerprint density at radius 3 is 2.60 bits per heavy atom. The largest absolute Gasteiger partial charge is 0.449 e. The number of ether oxygens (including phenoxy) is 1. The maximum atomic E-state index is 11.4. The Balaban J connectivity index is 4.57. The molecule has 86 valence electrons. The zero-order valence-corrected chi connectivity index (χ0v) is 9.54. The molecule has 15 heavy (non-hydrogen) atoms. The molecule has 1 amide bonds. The van der Waals surface area contributed by atoms with Gasteiger partial charge in [0.15, 0.2) is 0 Å². The molecule has 0 aromatic carbocycles. The summed E-state index contributed by atoms with van der Waals surface area (Å²) < 4.78 is 29.6. The number of amides is 1. The molecule has 1 unspecified atom stereocenters. The van der Waals surface area contributed by atoms with Crippen molar-refractivity contribution in [2.75, 3.05) is 13.7 Å². The average molecular weight is 235 g/mol. The van der Waals surface area contributed by atoms with Gasteiger partial charge in [0.05, 0.1) is 12.7 Å². The van der Waals surface area contributed by atoms with Crippen LogP contribution >= 0.6 is 0 Å². The van der Waals surface area contributed by atoms with Gasteiger partial charge in [-0.2, -0.15) is 18.0 Å². The molecule has 0 heterocycles. The summed E-state index contributed by atoms with van der Waals surface area (Å²) in [6.07, 6.45) is -1.06. The first-order chi connectivity index (χ1) is 6.85. The van der Waals surface area contributed by atoms with E-state index in [1.807, 2.05) is 0 Å². The van der Waals surface area contributed by atoms with Crippen molar-refractivity contribution >= 4 is 16.3 Å². The first-order valence-corrected chi connectivity index (χ1v) is 5.61. The van der Waals surface area contributed by atoms with E-state index in [4.69, 9.17) is 5.26 Å². The second-order valence-electron chi connectivity index (χ2n) is 2.65. The SMILES string of the molecule is CCOC(=O)NS(=O)(=O)N(C)C(C)C#N. The molecule has 0 fully saturated rings. The second-order valence-corrected chi connectivity index (χ2v) is 4.38. The molecular formula is C7H13N3O4S. The molecule has 0 saturated carbocycles.